The predicted octanol–water partition coefficient (Wildman–Crippen LogP) is 2.11. The first-order valence-corrected chi connectivity index (χ1v) is 6.40. The number of rotatable bonds is 4. The Labute approximate surface area is 101 Å². The van der Waals surface area contributed by atoms with Gasteiger partial charge in [-0.25, -0.2) is 13.2 Å². The minimum Gasteiger partial charge on any atom is -0.478 e. The van der Waals surface area contributed by atoms with Crippen LogP contribution in [0.25, 0.3) is 0 Å². The van der Waals surface area contributed by atoms with Crippen molar-refractivity contribution < 1.29 is 31.5 Å². The van der Waals surface area contributed by atoms with Gasteiger partial charge in [-0.3, -0.25) is 0 Å². The highest BCUT2D eigenvalue weighted by Gasteiger charge is 2.30. The van der Waals surface area contributed by atoms with Crippen molar-refractivity contribution in [2.45, 2.75) is 17.5 Å². The van der Waals surface area contributed by atoms with E-state index in [2.05, 4.69) is 0 Å². The minimum absolute atomic E-state index is 0.289. The van der Waals surface area contributed by atoms with Crippen molar-refractivity contribution in [2.75, 3.05) is 5.75 Å². The summed E-state index contributed by atoms with van der Waals surface area (Å²) >= 11 is 0. The van der Waals surface area contributed by atoms with Crippen LogP contribution in [0, 0.1) is 0 Å². The number of halogens is 3. The minimum atomic E-state index is -4.57. The van der Waals surface area contributed by atoms with Crippen molar-refractivity contribution in [2.24, 2.45) is 0 Å². The summed E-state index contributed by atoms with van der Waals surface area (Å²) in [5.74, 6) is -2.44. The molecule has 18 heavy (non-hydrogen) atoms. The molecule has 100 valence electrons. The standard InChI is InChI=1S/C10H9F3O4S/c11-10(12,13)4-5-18(16,17)8-3-1-2-7(6-8)9(14)15/h1-3,6H,4-5H2,(H,14,15). The van der Waals surface area contributed by atoms with E-state index in [9.17, 15) is 26.4 Å². The lowest BCUT2D eigenvalue weighted by molar-refractivity contribution is -0.129. The molecule has 8 heteroatoms. The van der Waals surface area contributed by atoms with Crippen LogP contribution >= 0.6 is 0 Å². The molecule has 0 aliphatic heterocycles. The number of alkyl halides is 3. The van der Waals surface area contributed by atoms with Crippen LogP contribution < -0.4 is 0 Å². The first kappa shape index (κ1) is 14.5. The molecule has 0 spiro atoms. The molecule has 1 aromatic carbocycles. The maximum Gasteiger partial charge on any atom is 0.390 e. The van der Waals surface area contributed by atoms with Gasteiger partial charge in [-0.2, -0.15) is 13.2 Å². The Morgan fingerprint density at radius 1 is 1.28 bits per heavy atom. The summed E-state index contributed by atoms with van der Waals surface area (Å²) in [5, 5.41) is 8.66. The van der Waals surface area contributed by atoms with Crippen molar-refractivity contribution in [1.82, 2.24) is 0 Å². The first-order chi connectivity index (χ1) is 8.12. The average Bonchev–Trinajstić information content (AvgIpc) is 2.26. The molecule has 4 nitrogen and oxygen atoms in total. The zero-order chi connectivity index (χ0) is 14.0. The van der Waals surface area contributed by atoms with E-state index in [1.54, 1.807) is 0 Å². The molecule has 0 aromatic heterocycles. The normalized spacial score (nSPS) is 12.4. The first-order valence-electron chi connectivity index (χ1n) is 4.75. The van der Waals surface area contributed by atoms with E-state index in [-0.39, 0.29) is 5.56 Å². The fourth-order valence-corrected chi connectivity index (χ4v) is 2.52. The van der Waals surface area contributed by atoms with Crippen molar-refractivity contribution in [3.8, 4) is 0 Å². The van der Waals surface area contributed by atoms with Gasteiger partial charge in [0, 0.05) is 0 Å². The van der Waals surface area contributed by atoms with Crippen molar-refractivity contribution in [3.63, 3.8) is 0 Å². The van der Waals surface area contributed by atoms with Crippen LogP contribution in [-0.2, 0) is 9.84 Å². The van der Waals surface area contributed by atoms with Crippen LogP contribution in [0.15, 0.2) is 29.2 Å². The molecule has 1 aromatic rings. The third kappa shape index (κ3) is 4.02. The quantitative estimate of drug-likeness (QED) is 0.918. The van der Waals surface area contributed by atoms with E-state index in [1.165, 1.54) is 6.07 Å². The Kier molecular flexibility index (Phi) is 4.00. The van der Waals surface area contributed by atoms with Crippen LogP contribution in [0.5, 0.6) is 0 Å². The van der Waals surface area contributed by atoms with Gasteiger partial charge in [-0.05, 0) is 18.2 Å². The maximum atomic E-state index is 12.0. The zero-order valence-corrected chi connectivity index (χ0v) is 9.75. The van der Waals surface area contributed by atoms with Gasteiger partial charge in [0.15, 0.2) is 9.84 Å². The number of sulfone groups is 1. The Hall–Kier alpha value is -1.57. The van der Waals surface area contributed by atoms with Crippen LogP contribution in [0.4, 0.5) is 13.2 Å². The van der Waals surface area contributed by atoms with Gasteiger partial charge in [-0.1, -0.05) is 6.07 Å². The molecule has 0 saturated heterocycles. The summed E-state index contributed by atoms with van der Waals surface area (Å²) in [4.78, 5) is 10.2. The van der Waals surface area contributed by atoms with Crippen molar-refractivity contribution in [1.29, 1.82) is 0 Å². The lowest BCUT2D eigenvalue weighted by atomic mass is 10.2. The highest BCUT2D eigenvalue weighted by molar-refractivity contribution is 7.91. The second kappa shape index (κ2) is 4.97. The summed E-state index contributed by atoms with van der Waals surface area (Å²) in [5.41, 5.74) is -0.289. The summed E-state index contributed by atoms with van der Waals surface area (Å²) in [6.07, 6.45) is -6.04. The molecular weight excluding hydrogens is 273 g/mol. The van der Waals surface area contributed by atoms with Gasteiger partial charge in [0.05, 0.1) is 22.6 Å². The molecule has 0 atom stereocenters. The summed E-state index contributed by atoms with van der Waals surface area (Å²) in [6.45, 7) is 0. The molecule has 1 N–H and O–H groups in total. The van der Waals surface area contributed by atoms with E-state index >= 15 is 0 Å². The number of carboxylic acid groups (broad SMARTS) is 1. The van der Waals surface area contributed by atoms with Gasteiger partial charge in [0.25, 0.3) is 0 Å². The predicted molar refractivity (Wildman–Crippen MR) is 56.1 cm³/mol. The molecule has 1 rings (SSSR count). The van der Waals surface area contributed by atoms with Gasteiger partial charge >= 0.3 is 12.1 Å². The summed E-state index contributed by atoms with van der Waals surface area (Å²) in [6, 6.07) is 4.24. The molecule has 0 unspecified atom stereocenters. The monoisotopic (exact) mass is 282 g/mol. The summed E-state index contributed by atoms with van der Waals surface area (Å²) < 4.78 is 59.0. The largest absolute Gasteiger partial charge is 0.478 e. The molecule has 0 aliphatic carbocycles. The van der Waals surface area contributed by atoms with Crippen molar-refractivity contribution >= 4 is 15.8 Å². The highest BCUT2D eigenvalue weighted by atomic mass is 32.2. The Bertz CT molecular complexity index is 548. The molecule has 0 amide bonds. The molecule has 0 aliphatic rings. The number of carboxylic acids is 1. The van der Waals surface area contributed by atoms with Crippen LogP contribution in [0.1, 0.15) is 16.8 Å². The molecule has 0 heterocycles. The van der Waals surface area contributed by atoms with E-state index in [0.29, 0.717) is 0 Å². The molecule has 0 saturated carbocycles. The van der Waals surface area contributed by atoms with E-state index in [0.717, 1.165) is 18.2 Å². The van der Waals surface area contributed by atoms with Crippen LogP contribution in [0.2, 0.25) is 0 Å². The molecule has 0 fully saturated rings. The van der Waals surface area contributed by atoms with Gasteiger partial charge in [0.2, 0.25) is 0 Å². The van der Waals surface area contributed by atoms with Gasteiger partial charge in [-0.15, -0.1) is 0 Å². The van der Waals surface area contributed by atoms with Gasteiger partial charge in [0.1, 0.15) is 0 Å². The number of hydrogen-bond acceptors (Lipinski definition) is 3. The van der Waals surface area contributed by atoms with E-state index in [4.69, 9.17) is 5.11 Å². The number of carbonyl (C=O) groups is 1. The second-order valence-corrected chi connectivity index (χ2v) is 5.63. The number of aromatic carboxylic acids is 1. The highest BCUT2D eigenvalue weighted by Crippen LogP contribution is 2.23. The average molecular weight is 282 g/mol. The smallest absolute Gasteiger partial charge is 0.390 e. The lowest BCUT2D eigenvalue weighted by Crippen LogP contribution is -2.16. The van der Waals surface area contributed by atoms with Gasteiger partial charge < -0.3 is 5.11 Å². The van der Waals surface area contributed by atoms with Crippen molar-refractivity contribution in [3.05, 3.63) is 29.8 Å². The molecular formula is C10H9F3O4S. The Morgan fingerprint density at radius 3 is 2.39 bits per heavy atom. The fourth-order valence-electron chi connectivity index (χ4n) is 1.19. The Balaban J connectivity index is 2.99. The second-order valence-electron chi connectivity index (χ2n) is 3.52. The van der Waals surface area contributed by atoms with E-state index in [1.807, 2.05) is 0 Å². The lowest BCUT2D eigenvalue weighted by Gasteiger charge is -2.07. The number of hydrogen-bond donors (Lipinski definition) is 1. The molecule has 0 radical (unpaired) electrons. The SMILES string of the molecule is O=C(O)c1cccc(S(=O)(=O)CCC(F)(F)F)c1. The van der Waals surface area contributed by atoms with Crippen LogP contribution in [-0.4, -0.2) is 31.4 Å². The maximum absolute atomic E-state index is 12.0. The molecule has 0 bridgehead atoms. The number of benzene rings is 1. The van der Waals surface area contributed by atoms with Crippen LogP contribution in [0.3, 0.4) is 0 Å². The third-order valence-electron chi connectivity index (χ3n) is 2.09. The fraction of sp³-hybridized carbons (Fsp3) is 0.300. The third-order valence-corrected chi connectivity index (χ3v) is 3.81. The zero-order valence-electron chi connectivity index (χ0n) is 8.94. The van der Waals surface area contributed by atoms with E-state index < -0.39 is 39.1 Å². The topological polar surface area (TPSA) is 71.4 Å². The Morgan fingerprint density at radius 2 is 1.89 bits per heavy atom. The summed E-state index contributed by atoms with van der Waals surface area (Å²) in [7, 11) is -4.13.